The van der Waals surface area contributed by atoms with Gasteiger partial charge < -0.3 is 14.5 Å². The fourth-order valence-corrected chi connectivity index (χ4v) is 3.54. The fourth-order valence-electron chi connectivity index (χ4n) is 3.54. The number of para-hydroxylation sites is 1. The van der Waals surface area contributed by atoms with Gasteiger partial charge in [-0.15, -0.1) is 0 Å². The number of methoxy groups -OCH3 is 1. The summed E-state index contributed by atoms with van der Waals surface area (Å²) in [5.74, 6) is 0.582. The van der Waals surface area contributed by atoms with E-state index < -0.39 is 0 Å². The smallest absolute Gasteiger partial charge is 0.273 e. The van der Waals surface area contributed by atoms with Gasteiger partial charge in [-0.2, -0.15) is 0 Å². The summed E-state index contributed by atoms with van der Waals surface area (Å²) in [6.07, 6.45) is 4.71. The van der Waals surface area contributed by atoms with Gasteiger partial charge in [0.1, 0.15) is 17.8 Å². The van der Waals surface area contributed by atoms with Crippen LogP contribution in [0.25, 0.3) is 0 Å². The third-order valence-corrected chi connectivity index (χ3v) is 5.25. The van der Waals surface area contributed by atoms with Crippen LogP contribution in [-0.2, 0) is 26.2 Å². The lowest BCUT2D eigenvalue weighted by Gasteiger charge is -2.22. The Morgan fingerprint density at radius 2 is 1.76 bits per heavy atom. The number of pyridine rings is 1. The molecule has 2 aromatic carbocycles. The summed E-state index contributed by atoms with van der Waals surface area (Å²) < 4.78 is 24.5. The second kappa shape index (κ2) is 11.2. The molecule has 2 aromatic heterocycles. The summed E-state index contributed by atoms with van der Waals surface area (Å²) in [6.45, 7) is 1.80. The molecule has 174 valence electrons. The van der Waals surface area contributed by atoms with Gasteiger partial charge >= 0.3 is 0 Å². The Morgan fingerprint density at radius 3 is 2.53 bits per heavy atom. The molecule has 4 rings (SSSR count). The van der Waals surface area contributed by atoms with Crippen LogP contribution in [0.1, 0.15) is 33.1 Å². The average Bonchev–Trinajstić information content (AvgIpc) is 3.33. The van der Waals surface area contributed by atoms with Crippen LogP contribution in [0.4, 0.5) is 4.39 Å². The highest BCUT2D eigenvalue weighted by molar-refractivity contribution is 5.91. The van der Waals surface area contributed by atoms with Crippen LogP contribution in [-0.4, -0.2) is 27.9 Å². The molecule has 8 heteroatoms. The van der Waals surface area contributed by atoms with Gasteiger partial charge in [-0.1, -0.05) is 30.3 Å². The van der Waals surface area contributed by atoms with Gasteiger partial charge in [0, 0.05) is 37.6 Å². The molecule has 1 amide bonds. The largest absolute Gasteiger partial charge is 0.496 e. The zero-order chi connectivity index (χ0) is 23.8. The predicted octanol–water partition coefficient (Wildman–Crippen LogP) is 4.35. The van der Waals surface area contributed by atoms with E-state index >= 15 is 0 Å². The van der Waals surface area contributed by atoms with Crippen molar-refractivity contribution in [3.05, 3.63) is 113 Å². The number of hydrogen-bond donors (Lipinski definition) is 1. The second-order valence-electron chi connectivity index (χ2n) is 7.75. The second-order valence-corrected chi connectivity index (χ2v) is 7.75. The van der Waals surface area contributed by atoms with Gasteiger partial charge in [0.25, 0.3) is 5.91 Å². The lowest BCUT2D eigenvalue weighted by molar-refractivity contribution is 0.0945. The molecule has 1 N–H and O–H groups in total. The number of hydrogen-bond acceptors (Lipinski definition) is 6. The summed E-state index contributed by atoms with van der Waals surface area (Å²) in [7, 11) is 1.63. The maximum absolute atomic E-state index is 13.4. The van der Waals surface area contributed by atoms with Crippen LogP contribution in [0.5, 0.6) is 5.75 Å². The van der Waals surface area contributed by atoms with Crippen LogP contribution < -0.4 is 10.1 Å². The number of carbonyl (C=O) groups excluding carboxylic acids is 1. The zero-order valence-electron chi connectivity index (χ0n) is 18.8. The number of benzene rings is 2. The average molecular weight is 461 g/mol. The molecule has 0 aliphatic rings. The van der Waals surface area contributed by atoms with E-state index in [2.05, 4.69) is 20.2 Å². The zero-order valence-corrected chi connectivity index (χ0v) is 18.8. The molecule has 2 heterocycles. The Labute approximate surface area is 197 Å². The van der Waals surface area contributed by atoms with E-state index in [1.807, 2.05) is 36.4 Å². The van der Waals surface area contributed by atoms with E-state index in [0.29, 0.717) is 32.1 Å². The number of carbonyl (C=O) groups is 1. The molecule has 34 heavy (non-hydrogen) atoms. The van der Waals surface area contributed by atoms with Crippen molar-refractivity contribution in [1.82, 2.24) is 20.2 Å². The summed E-state index contributed by atoms with van der Waals surface area (Å²) in [6, 6.07) is 17.8. The van der Waals surface area contributed by atoms with Crippen LogP contribution in [0.2, 0.25) is 0 Å². The first-order valence-electron chi connectivity index (χ1n) is 10.8. The maximum atomic E-state index is 13.4. The first-order valence-corrected chi connectivity index (χ1v) is 10.8. The molecule has 0 aliphatic carbocycles. The summed E-state index contributed by atoms with van der Waals surface area (Å²) in [5.41, 5.74) is 3.09. The quantitative estimate of drug-likeness (QED) is 0.379. The molecule has 4 aromatic rings. The Morgan fingerprint density at radius 1 is 1.00 bits per heavy atom. The van der Waals surface area contributed by atoms with Crippen molar-refractivity contribution in [1.29, 1.82) is 0 Å². The number of amides is 1. The highest BCUT2D eigenvalue weighted by atomic mass is 19.1. The summed E-state index contributed by atoms with van der Waals surface area (Å²) in [5, 5.41) is 2.83. The minimum absolute atomic E-state index is 0.211. The number of halogens is 1. The number of aromatic nitrogens is 2. The van der Waals surface area contributed by atoms with Crippen LogP contribution >= 0.6 is 0 Å². The third-order valence-electron chi connectivity index (χ3n) is 5.25. The van der Waals surface area contributed by atoms with Crippen molar-refractivity contribution in [2.75, 3.05) is 7.11 Å². The van der Waals surface area contributed by atoms with Gasteiger partial charge in [-0.25, -0.2) is 9.37 Å². The van der Waals surface area contributed by atoms with E-state index in [1.165, 1.54) is 18.4 Å². The monoisotopic (exact) mass is 460 g/mol. The molecule has 0 spiro atoms. The summed E-state index contributed by atoms with van der Waals surface area (Å²) in [4.78, 5) is 22.9. The van der Waals surface area contributed by atoms with E-state index in [1.54, 1.807) is 31.6 Å². The number of oxazole rings is 1. The van der Waals surface area contributed by atoms with Crippen molar-refractivity contribution in [2.24, 2.45) is 0 Å². The molecule has 0 saturated heterocycles. The topological polar surface area (TPSA) is 80.5 Å². The molecule has 0 unspecified atom stereocenters. The van der Waals surface area contributed by atoms with E-state index in [4.69, 9.17) is 9.15 Å². The minimum atomic E-state index is -0.318. The molecule has 0 radical (unpaired) electrons. The standard InChI is InChI=1S/C26H25FN4O3/c1-33-24-5-3-2-4-21(24)16-31(15-20-6-8-22(27)9-7-20)17-25-30-23(18-34-25)26(32)29-14-19-10-12-28-13-11-19/h2-13,18H,14-17H2,1H3,(H,29,32). The molecule has 7 nitrogen and oxygen atoms in total. The number of ether oxygens (including phenoxy) is 1. The summed E-state index contributed by atoms with van der Waals surface area (Å²) >= 11 is 0. The fraction of sp³-hybridized carbons (Fsp3) is 0.192. The normalized spacial score (nSPS) is 10.9. The maximum Gasteiger partial charge on any atom is 0.273 e. The van der Waals surface area contributed by atoms with E-state index in [-0.39, 0.29) is 17.4 Å². The van der Waals surface area contributed by atoms with Gasteiger partial charge in [-0.05, 0) is 41.5 Å². The third kappa shape index (κ3) is 6.26. The minimum Gasteiger partial charge on any atom is -0.496 e. The van der Waals surface area contributed by atoms with Crippen molar-refractivity contribution in [2.45, 2.75) is 26.2 Å². The highest BCUT2D eigenvalue weighted by Crippen LogP contribution is 2.22. The van der Waals surface area contributed by atoms with Crippen molar-refractivity contribution in [3.63, 3.8) is 0 Å². The van der Waals surface area contributed by atoms with Crippen molar-refractivity contribution in [3.8, 4) is 5.75 Å². The van der Waals surface area contributed by atoms with Crippen molar-refractivity contribution >= 4 is 5.91 Å². The molecule has 0 aliphatic heterocycles. The van der Waals surface area contributed by atoms with Gasteiger partial charge in [-0.3, -0.25) is 14.7 Å². The van der Waals surface area contributed by atoms with Crippen LogP contribution in [0.15, 0.2) is 83.7 Å². The van der Waals surface area contributed by atoms with Crippen LogP contribution in [0, 0.1) is 5.82 Å². The number of nitrogens with zero attached hydrogens (tertiary/aromatic N) is 3. The Kier molecular flexibility index (Phi) is 7.62. The number of nitrogens with one attached hydrogen (secondary N) is 1. The van der Waals surface area contributed by atoms with Gasteiger partial charge in [0.2, 0.25) is 5.89 Å². The predicted molar refractivity (Wildman–Crippen MR) is 124 cm³/mol. The Hall–Kier alpha value is -4.04. The molecule has 0 bridgehead atoms. The number of rotatable bonds is 10. The molecular weight excluding hydrogens is 435 g/mol. The first kappa shape index (κ1) is 23.1. The first-order chi connectivity index (χ1) is 16.6. The van der Waals surface area contributed by atoms with Gasteiger partial charge in [0.05, 0.1) is 13.7 Å². The van der Waals surface area contributed by atoms with Gasteiger partial charge in [0.15, 0.2) is 5.69 Å². The lowest BCUT2D eigenvalue weighted by Crippen LogP contribution is -2.24. The van der Waals surface area contributed by atoms with Crippen LogP contribution in [0.3, 0.4) is 0 Å². The molecular formula is C26H25FN4O3. The molecule has 0 fully saturated rings. The lowest BCUT2D eigenvalue weighted by atomic mass is 10.1. The molecule has 0 atom stereocenters. The SMILES string of the molecule is COc1ccccc1CN(Cc1ccc(F)cc1)Cc1nc(C(=O)NCc2ccncc2)co1. The highest BCUT2D eigenvalue weighted by Gasteiger charge is 2.17. The Bertz CT molecular complexity index is 1210. The van der Waals surface area contributed by atoms with Crippen molar-refractivity contribution < 1.29 is 18.3 Å². The Balaban J connectivity index is 1.46. The molecule has 0 saturated carbocycles. The van der Waals surface area contributed by atoms with E-state index in [0.717, 1.165) is 22.4 Å². The van der Waals surface area contributed by atoms with E-state index in [9.17, 15) is 9.18 Å².